The summed E-state index contributed by atoms with van der Waals surface area (Å²) >= 11 is 0. The molecule has 0 aliphatic heterocycles. The molecule has 2 nitrogen and oxygen atoms in total. The third-order valence-electron chi connectivity index (χ3n) is 1.82. The predicted molar refractivity (Wildman–Crippen MR) is 50.1 cm³/mol. The standard InChI is InChI=1S/C10H15NO/c1-8-4-3-5-9(6-8)10(12)7-11-2/h3-6,10-12H,7H2,1-2H3/t10-/m1/s1. The van der Waals surface area contributed by atoms with Gasteiger partial charge in [0.15, 0.2) is 0 Å². The molecule has 0 amide bonds. The Morgan fingerprint density at radius 3 is 2.83 bits per heavy atom. The molecule has 2 N–H and O–H groups in total. The van der Waals surface area contributed by atoms with Crippen LogP contribution in [0.2, 0.25) is 0 Å². The van der Waals surface area contributed by atoms with E-state index in [1.54, 1.807) is 0 Å². The lowest BCUT2D eigenvalue weighted by Crippen LogP contribution is -2.16. The molecule has 0 saturated heterocycles. The number of rotatable bonds is 3. The second-order valence-electron chi connectivity index (χ2n) is 2.99. The quantitative estimate of drug-likeness (QED) is 0.706. The van der Waals surface area contributed by atoms with Gasteiger partial charge in [-0.05, 0) is 19.5 Å². The minimum atomic E-state index is -0.394. The summed E-state index contributed by atoms with van der Waals surface area (Å²) in [5, 5.41) is 12.5. The lowest BCUT2D eigenvalue weighted by Gasteiger charge is -2.10. The average Bonchev–Trinajstić information content (AvgIpc) is 2.05. The first-order valence-electron chi connectivity index (χ1n) is 4.13. The van der Waals surface area contributed by atoms with E-state index >= 15 is 0 Å². The maximum atomic E-state index is 9.58. The van der Waals surface area contributed by atoms with Gasteiger partial charge in [0.25, 0.3) is 0 Å². The summed E-state index contributed by atoms with van der Waals surface area (Å²) < 4.78 is 0. The van der Waals surface area contributed by atoms with Crippen molar-refractivity contribution in [3.63, 3.8) is 0 Å². The number of hydrogen-bond donors (Lipinski definition) is 2. The molecule has 1 aromatic carbocycles. The molecular weight excluding hydrogens is 150 g/mol. The Bertz CT molecular complexity index is 247. The highest BCUT2D eigenvalue weighted by Crippen LogP contribution is 2.12. The molecule has 0 aliphatic carbocycles. The van der Waals surface area contributed by atoms with E-state index in [9.17, 15) is 5.11 Å². The van der Waals surface area contributed by atoms with Crippen molar-refractivity contribution in [3.8, 4) is 0 Å². The van der Waals surface area contributed by atoms with Gasteiger partial charge in [-0.25, -0.2) is 0 Å². The van der Waals surface area contributed by atoms with Crippen LogP contribution in [-0.4, -0.2) is 18.7 Å². The zero-order valence-corrected chi connectivity index (χ0v) is 7.54. The Morgan fingerprint density at radius 1 is 1.50 bits per heavy atom. The fourth-order valence-corrected chi connectivity index (χ4v) is 1.19. The molecule has 0 aliphatic rings. The van der Waals surface area contributed by atoms with Crippen LogP contribution >= 0.6 is 0 Å². The van der Waals surface area contributed by atoms with Gasteiger partial charge in [0.1, 0.15) is 0 Å². The van der Waals surface area contributed by atoms with Gasteiger partial charge in [0.05, 0.1) is 6.10 Å². The highest BCUT2D eigenvalue weighted by Gasteiger charge is 2.04. The van der Waals surface area contributed by atoms with E-state index in [4.69, 9.17) is 0 Å². The van der Waals surface area contributed by atoms with E-state index in [1.165, 1.54) is 5.56 Å². The van der Waals surface area contributed by atoms with E-state index in [0.29, 0.717) is 6.54 Å². The molecule has 66 valence electrons. The SMILES string of the molecule is CNC[C@@H](O)c1cccc(C)c1. The van der Waals surface area contributed by atoms with Gasteiger partial charge in [-0.15, -0.1) is 0 Å². The molecule has 12 heavy (non-hydrogen) atoms. The Labute approximate surface area is 73.2 Å². The van der Waals surface area contributed by atoms with E-state index in [1.807, 2.05) is 38.2 Å². The van der Waals surface area contributed by atoms with Crippen molar-refractivity contribution in [1.82, 2.24) is 5.32 Å². The van der Waals surface area contributed by atoms with Gasteiger partial charge >= 0.3 is 0 Å². The number of hydrogen-bond acceptors (Lipinski definition) is 2. The number of aryl methyl sites for hydroxylation is 1. The van der Waals surface area contributed by atoms with Gasteiger partial charge in [0.2, 0.25) is 0 Å². The maximum Gasteiger partial charge on any atom is 0.0914 e. The fraction of sp³-hybridized carbons (Fsp3) is 0.400. The number of nitrogens with one attached hydrogen (secondary N) is 1. The van der Waals surface area contributed by atoms with Crippen LogP contribution in [0.25, 0.3) is 0 Å². The van der Waals surface area contributed by atoms with Gasteiger partial charge in [-0.2, -0.15) is 0 Å². The molecule has 0 heterocycles. The van der Waals surface area contributed by atoms with E-state index in [2.05, 4.69) is 5.32 Å². The van der Waals surface area contributed by atoms with Crippen LogP contribution in [-0.2, 0) is 0 Å². The molecule has 0 fully saturated rings. The second-order valence-corrected chi connectivity index (χ2v) is 2.99. The van der Waals surface area contributed by atoms with Crippen molar-refractivity contribution in [1.29, 1.82) is 0 Å². The lowest BCUT2D eigenvalue weighted by molar-refractivity contribution is 0.177. The first-order chi connectivity index (χ1) is 5.74. The monoisotopic (exact) mass is 165 g/mol. The summed E-state index contributed by atoms with van der Waals surface area (Å²) in [5.74, 6) is 0. The fourth-order valence-electron chi connectivity index (χ4n) is 1.19. The van der Waals surface area contributed by atoms with Gasteiger partial charge < -0.3 is 10.4 Å². The maximum absolute atomic E-state index is 9.58. The van der Waals surface area contributed by atoms with Crippen LogP contribution in [0.1, 0.15) is 17.2 Å². The molecular formula is C10H15NO. The highest BCUT2D eigenvalue weighted by atomic mass is 16.3. The lowest BCUT2D eigenvalue weighted by atomic mass is 10.1. The second kappa shape index (κ2) is 4.24. The number of aliphatic hydroxyl groups excluding tert-OH is 1. The molecule has 1 rings (SSSR count). The minimum absolute atomic E-state index is 0.394. The van der Waals surface area contributed by atoms with Crippen molar-refractivity contribution < 1.29 is 5.11 Å². The van der Waals surface area contributed by atoms with Crippen molar-refractivity contribution in [2.75, 3.05) is 13.6 Å². The summed E-state index contributed by atoms with van der Waals surface area (Å²) in [6, 6.07) is 7.93. The van der Waals surface area contributed by atoms with Crippen LogP contribution in [0.5, 0.6) is 0 Å². The summed E-state index contributed by atoms with van der Waals surface area (Å²) in [6.07, 6.45) is -0.394. The van der Waals surface area contributed by atoms with E-state index in [-0.39, 0.29) is 0 Å². The molecule has 1 atom stereocenters. The third kappa shape index (κ3) is 2.32. The highest BCUT2D eigenvalue weighted by molar-refractivity contribution is 5.24. The Morgan fingerprint density at radius 2 is 2.25 bits per heavy atom. The van der Waals surface area contributed by atoms with Crippen molar-refractivity contribution in [2.45, 2.75) is 13.0 Å². The van der Waals surface area contributed by atoms with Crippen molar-refractivity contribution in [3.05, 3.63) is 35.4 Å². The Balaban J connectivity index is 2.73. The zero-order valence-electron chi connectivity index (χ0n) is 7.54. The smallest absolute Gasteiger partial charge is 0.0914 e. The molecule has 0 aromatic heterocycles. The predicted octanol–water partition coefficient (Wildman–Crippen LogP) is 1.25. The number of aliphatic hydroxyl groups is 1. The molecule has 0 radical (unpaired) electrons. The molecule has 0 saturated carbocycles. The third-order valence-corrected chi connectivity index (χ3v) is 1.82. The molecule has 0 spiro atoms. The summed E-state index contributed by atoms with van der Waals surface area (Å²) in [7, 11) is 1.83. The normalized spacial score (nSPS) is 12.9. The van der Waals surface area contributed by atoms with Gasteiger partial charge in [-0.1, -0.05) is 29.8 Å². The van der Waals surface area contributed by atoms with Gasteiger partial charge in [0, 0.05) is 6.54 Å². The molecule has 1 aromatic rings. The first-order valence-corrected chi connectivity index (χ1v) is 4.13. The topological polar surface area (TPSA) is 32.3 Å². The van der Waals surface area contributed by atoms with Crippen molar-refractivity contribution in [2.24, 2.45) is 0 Å². The zero-order chi connectivity index (χ0) is 8.97. The van der Waals surface area contributed by atoms with Gasteiger partial charge in [-0.3, -0.25) is 0 Å². The summed E-state index contributed by atoms with van der Waals surface area (Å²) in [5.41, 5.74) is 2.16. The summed E-state index contributed by atoms with van der Waals surface area (Å²) in [6.45, 7) is 2.62. The first kappa shape index (κ1) is 9.23. The van der Waals surface area contributed by atoms with E-state index < -0.39 is 6.10 Å². The van der Waals surface area contributed by atoms with Crippen LogP contribution < -0.4 is 5.32 Å². The van der Waals surface area contributed by atoms with Crippen LogP contribution in [0, 0.1) is 6.92 Å². The minimum Gasteiger partial charge on any atom is -0.387 e. The summed E-state index contributed by atoms with van der Waals surface area (Å²) in [4.78, 5) is 0. The average molecular weight is 165 g/mol. The van der Waals surface area contributed by atoms with Crippen LogP contribution in [0.15, 0.2) is 24.3 Å². The van der Waals surface area contributed by atoms with Crippen LogP contribution in [0.4, 0.5) is 0 Å². The Kier molecular flexibility index (Phi) is 3.26. The number of likely N-dealkylation sites (N-methyl/N-ethyl adjacent to an activating group) is 1. The van der Waals surface area contributed by atoms with Crippen LogP contribution in [0.3, 0.4) is 0 Å². The van der Waals surface area contributed by atoms with E-state index in [0.717, 1.165) is 5.56 Å². The van der Waals surface area contributed by atoms with Crippen molar-refractivity contribution >= 4 is 0 Å². The largest absolute Gasteiger partial charge is 0.387 e. The molecule has 0 unspecified atom stereocenters. The molecule has 0 bridgehead atoms. The molecule has 2 heteroatoms. The number of benzene rings is 1. The Hall–Kier alpha value is -0.860.